The van der Waals surface area contributed by atoms with E-state index in [1.807, 2.05) is 30.3 Å². The third kappa shape index (κ3) is 3.92. The van der Waals surface area contributed by atoms with E-state index in [-0.39, 0.29) is 17.7 Å². The molecule has 0 saturated carbocycles. The van der Waals surface area contributed by atoms with Gasteiger partial charge in [0.1, 0.15) is 0 Å². The predicted octanol–water partition coefficient (Wildman–Crippen LogP) is 1.16. The van der Waals surface area contributed by atoms with Crippen molar-refractivity contribution < 1.29 is 19.4 Å². The average molecular weight is 447 g/mol. The Kier molecular flexibility index (Phi) is 5.87. The Bertz CT molecular complexity index is 1400. The molecule has 3 aromatic rings. The Morgan fingerprint density at radius 2 is 1.84 bits per heavy atom. The Morgan fingerprint density at radius 3 is 2.47 bits per heavy atom. The van der Waals surface area contributed by atoms with Crippen LogP contribution in [-0.2, 0) is 9.53 Å². The first-order valence-electron chi connectivity index (χ1n) is 9.96. The number of ether oxygens (including phenoxy) is 1. The number of thiazole rings is 1. The maximum absolute atomic E-state index is 13.4. The zero-order valence-corrected chi connectivity index (χ0v) is 18.2. The van der Waals surface area contributed by atoms with E-state index in [1.165, 1.54) is 28.0 Å². The summed E-state index contributed by atoms with van der Waals surface area (Å²) in [6, 6.07) is 14.7. The molecule has 0 N–H and O–H groups in total. The molecule has 1 aliphatic rings. The monoisotopic (exact) mass is 447 g/mol. The van der Waals surface area contributed by atoms with Gasteiger partial charge in [-0.3, -0.25) is 9.36 Å². The Balaban J connectivity index is 1.90. The molecule has 2 aromatic carbocycles. The maximum atomic E-state index is 13.4. The van der Waals surface area contributed by atoms with Crippen LogP contribution < -0.4 is 20.0 Å². The molecule has 1 atom stereocenters. The molecule has 1 aliphatic heterocycles. The van der Waals surface area contributed by atoms with Crippen molar-refractivity contribution in [1.29, 1.82) is 0 Å². The van der Waals surface area contributed by atoms with Crippen molar-refractivity contribution in [3.05, 3.63) is 102 Å². The van der Waals surface area contributed by atoms with Crippen molar-refractivity contribution in [3.63, 3.8) is 0 Å². The minimum atomic E-state index is -1.26. The summed E-state index contributed by atoms with van der Waals surface area (Å²) in [5.41, 5.74) is 2.04. The Morgan fingerprint density at radius 1 is 1.16 bits per heavy atom. The van der Waals surface area contributed by atoms with Crippen LogP contribution in [0, 0.1) is 0 Å². The smallest absolute Gasteiger partial charge is 0.338 e. The lowest BCUT2D eigenvalue weighted by molar-refractivity contribution is -0.255. The van der Waals surface area contributed by atoms with Crippen LogP contribution in [0.15, 0.2) is 75.7 Å². The number of allylic oxidation sites excluding steroid dienone is 1. The molecular formula is C24H19N2O5S-. The number of hydrogen-bond acceptors (Lipinski definition) is 7. The number of carbonyl (C=O) groups is 2. The number of rotatable bonds is 5. The van der Waals surface area contributed by atoms with Gasteiger partial charge >= 0.3 is 5.97 Å². The molecule has 1 aromatic heterocycles. The number of esters is 1. The fourth-order valence-electron chi connectivity index (χ4n) is 3.61. The zero-order valence-electron chi connectivity index (χ0n) is 17.4. The number of aromatic carboxylic acids is 1. The van der Waals surface area contributed by atoms with Crippen LogP contribution in [0.5, 0.6) is 0 Å². The van der Waals surface area contributed by atoms with E-state index < -0.39 is 18.0 Å². The molecule has 32 heavy (non-hydrogen) atoms. The molecule has 4 rings (SSSR count). The second-order valence-electron chi connectivity index (χ2n) is 7.12. The first kappa shape index (κ1) is 21.5. The van der Waals surface area contributed by atoms with Crippen LogP contribution in [0.3, 0.4) is 0 Å². The summed E-state index contributed by atoms with van der Waals surface area (Å²) in [5, 5.41) is 11.0. The molecule has 0 aliphatic carbocycles. The highest BCUT2D eigenvalue weighted by Gasteiger charge is 2.33. The molecule has 2 heterocycles. The van der Waals surface area contributed by atoms with Gasteiger partial charge in [0.2, 0.25) is 0 Å². The van der Waals surface area contributed by atoms with Crippen LogP contribution in [0.25, 0.3) is 6.08 Å². The van der Waals surface area contributed by atoms with Crippen molar-refractivity contribution in [2.24, 2.45) is 4.99 Å². The summed E-state index contributed by atoms with van der Waals surface area (Å²) >= 11 is 1.21. The van der Waals surface area contributed by atoms with E-state index in [1.54, 1.807) is 32.1 Å². The highest BCUT2D eigenvalue weighted by molar-refractivity contribution is 7.07. The number of hydrogen-bond donors (Lipinski definition) is 0. The number of benzene rings is 2. The lowest BCUT2D eigenvalue weighted by atomic mass is 9.96. The van der Waals surface area contributed by atoms with Gasteiger partial charge in [-0.1, -0.05) is 65.9 Å². The summed E-state index contributed by atoms with van der Waals surface area (Å²) in [7, 11) is 0. The topological polar surface area (TPSA) is 101 Å². The third-order valence-corrected chi connectivity index (χ3v) is 6.06. The Hall–Kier alpha value is -3.78. The molecule has 0 bridgehead atoms. The highest BCUT2D eigenvalue weighted by Crippen LogP contribution is 2.30. The highest BCUT2D eigenvalue weighted by atomic mass is 32.1. The van der Waals surface area contributed by atoms with Crippen molar-refractivity contribution in [1.82, 2.24) is 4.57 Å². The largest absolute Gasteiger partial charge is 0.545 e. The molecule has 8 heteroatoms. The fraction of sp³-hybridized carbons (Fsp3) is 0.167. The molecule has 0 unspecified atom stereocenters. The van der Waals surface area contributed by atoms with E-state index in [2.05, 4.69) is 4.99 Å². The van der Waals surface area contributed by atoms with Crippen LogP contribution in [0.2, 0.25) is 0 Å². The van der Waals surface area contributed by atoms with Gasteiger partial charge in [-0.25, -0.2) is 9.79 Å². The maximum Gasteiger partial charge on any atom is 0.338 e. The molecule has 0 radical (unpaired) electrons. The van der Waals surface area contributed by atoms with E-state index in [0.717, 1.165) is 5.56 Å². The summed E-state index contributed by atoms with van der Waals surface area (Å²) in [5.74, 6) is -1.77. The van der Waals surface area contributed by atoms with Gasteiger partial charge < -0.3 is 14.6 Å². The van der Waals surface area contributed by atoms with E-state index in [9.17, 15) is 19.5 Å². The first-order chi connectivity index (χ1) is 15.4. The lowest BCUT2D eigenvalue weighted by Crippen LogP contribution is -2.39. The second-order valence-corrected chi connectivity index (χ2v) is 8.13. The Labute approximate surface area is 187 Å². The van der Waals surface area contributed by atoms with Crippen LogP contribution >= 0.6 is 11.3 Å². The van der Waals surface area contributed by atoms with Crippen molar-refractivity contribution in [2.45, 2.75) is 19.9 Å². The van der Waals surface area contributed by atoms with Crippen molar-refractivity contribution in [2.75, 3.05) is 6.61 Å². The van der Waals surface area contributed by atoms with Gasteiger partial charge in [-0.15, -0.1) is 0 Å². The van der Waals surface area contributed by atoms with E-state index in [0.29, 0.717) is 26.2 Å². The van der Waals surface area contributed by atoms with E-state index >= 15 is 0 Å². The molecule has 0 saturated heterocycles. The zero-order chi connectivity index (χ0) is 22.8. The number of fused-ring (bicyclic) bond motifs is 1. The van der Waals surface area contributed by atoms with Gasteiger partial charge in [-0.2, -0.15) is 0 Å². The molecule has 7 nitrogen and oxygen atoms in total. The predicted molar refractivity (Wildman–Crippen MR) is 118 cm³/mol. The third-order valence-electron chi connectivity index (χ3n) is 5.08. The van der Waals surface area contributed by atoms with Gasteiger partial charge in [0, 0.05) is 0 Å². The number of carbonyl (C=O) groups excluding carboxylic acids is 2. The van der Waals surface area contributed by atoms with E-state index in [4.69, 9.17) is 4.74 Å². The first-order valence-corrected chi connectivity index (χ1v) is 10.8. The van der Waals surface area contributed by atoms with Gasteiger partial charge in [-0.05, 0) is 36.6 Å². The molecule has 0 spiro atoms. The quantitative estimate of drug-likeness (QED) is 0.547. The van der Waals surface area contributed by atoms with Crippen molar-refractivity contribution >= 4 is 29.4 Å². The number of aromatic nitrogens is 1. The summed E-state index contributed by atoms with van der Waals surface area (Å²) in [6.07, 6.45) is 1.67. The summed E-state index contributed by atoms with van der Waals surface area (Å²) < 4.78 is 7.20. The average Bonchev–Trinajstić information content (AvgIpc) is 3.08. The summed E-state index contributed by atoms with van der Waals surface area (Å²) in [4.78, 5) is 42.2. The van der Waals surface area contributed by atoms with Crippen LogP contribution in [0.1, 0.15) is 41.4 Å². The molecular weight excluding hydrogens is 428 g/mol. The summed E-state index contributed by atoms with van der Waals surface area (Å²) in [6.45, 7) is 3.67. The standard InChI is InChI=1S/C24H20N2O5S/c1-3-31-23(30)19-14(2)25-24-26(20(19)16-7-5-4-6-8-16)21(27)18(32-24)13-15-9-11-17(12-10-15)22(28)29/h4-13,20H,3H2,1-2H3,(H,28,29)/p-1/b18-13-/t20-/m0/s1. The number of nitrogens with zero attached hydrogens (tertiary/aromatic N) is 2. The van der Waals surface area contributed by atoms with Gasteiger partial charge in [0.15, 0.2) is 4.80 Å². The minimum Gasteiger partial charge on any atom is -0.545 e. The lowest BCUT2D eigenvalue weighted by Gasteiger charge is -2.24. The van der Waals surface area contributed by atoms with Gasteiger partial charge in [0.05, 0.1) is 34.4 Å². The minimum absolute atomic E-state index is 0.0578. The molecule has 0 amide bonds. The molecule has 0 fully saturated rings. The SMILES string of the molecule is CCOC(=O)C1=C(C)N=c2s/c(=C\c3ccc(C(=O)[O-])cc3)c(=O)n2[C@H]1c1ccccc1. The molecule has 162 valence electrons. The number of carboxylic acid groups (broad SMARTS) is 1. The second kappa shape index (κ2) is 8.76. The van der Waals surface area contributed by atoms with Crippen molar-refractivity contribution in [3.8, 4) is 0 Å². The normalized spacial score (nSPS) is 15.8. The fourth-order valence-corrected chi connectivity index (χ4v) is 4.66. The van der Waals surface area contributed by atoms with Crippen LogP contribution in [-0.4, -0.2) is 23.1 Å². The van der Waals surface area contributed by atoms with Crippen LogP contribution in [0.4, 0.5) is 0 Å². The van der Waals surface area contributed by atoms with Gasteiger partial charge in [0.25, 0.3) is 5.56 Å². The number of carboxylic acids is 1.